The number of hydrogen-bond acceptors (Lipinski definition) is 6. The number of aromatic nitrogens is 2. The molecule has 0 spiro atoms. The molecule has 0 amide bonds. The van der Waals surface area contributed by atoms with Crippen LogP contribution in [0.2, 0.25) is 0 Å². The van der Waals surface area contributed by atoms with Crippen molar-refractivity contribution in [3.8, 4) is 0 Å². The Labute approximate surface area is 157 Å². The Hall–Kier alpha value is -1.41. The molecule has 2 atom stereocenters. The maximum absolute atomic E-state index is 11.8. The zero-order valence-electron chi connectivity index (χ0n) is 16.3. The van der Waals surface area contributed by atoms with Crippen LogP contribution in [-0.4, -0.2) is 57.9 Å². The van der Waals surface area contributed by atoms with E-state index < -0.39 is 10.0 Å². The van der Waals surface area contributed by atoms with Crippen molar-refractivity contribution in [2.75, 3.05) is 43.2 Å². The SMILES string of the molecule is CCC[C@@H]1CN(c2nc(N(C)C)nc3c2CCCC3)C[C@H]1NS(C)(=O)=O. The van der Waals surface area contributed by atoms with Crippen LogP contribution in [0.3, 0.4) is 0 Å². The maximum atomic E-state index is 11.8. The summed E-state index contributed by atoms with van der Waals surface area (Å²) >= 11 is 0. The molecule has 1 aliphatic heterocycles. The number of nitrogens with zero attached hydrogens (tertiary/aromatic N) is 4. The lowest BCUT2D eigenvalue weighted by Gasteiger charge is -2.26. The molecule has 26 heavy (non-hydrogen) atoms. The first-order chi connectivity index (χ1) is 12.3. The second-order valence-corrected chi connectivity index (χ2v) is 9.60. The van der Waals surface area contributed by atoms with Crippen LogP contribution in [-0.2, 0) is 22.9 Å². The fraction of sp³-hybridized carbons (Fsp3) is 0.778. The molecular weight excluding hydrogens is 350 g/mol. The van der Waals surface area contributed by atoms with Gasteiger partial charge in [-0.3, -0.25) is 0 Å². The highest BCUT2D eigenvalue weighted by atomic mass is 32.2. The summed E-state index contributed by atoms with van der Waals surface area (Å²) in [4.78, 5) is 13.8. The summed E-state index contributed by atoms with van der Waals surface area (Å²) in [5, 5.41) is 0. The van der Waals surface area contributed by atoms with Gasteiger partial charge >= 0.3 is 0 Å². The van der Waals surface area contributed by atoms with Crippen LogP contribution in [0.15, 0.2) is 0 Å². The third-order valence-electron chi connectivity index (χ3n) is 5.31. The van der Waals surface area contributed by atoms with Crippen molar-refractivity contribution in [2.45, 2.75) is 51.5 Å². The molecule has 1 aliphatic carbocycles. The highest BCUT2D eigenvalue weighted by Crippen LogP contribution is 2.34. The van der Waals surface area contributed by atoms with Crippen molar-refractivity contribution in [1.29, 1.82) is 0 Å². The lowest BCUT2D eigenvalue weighted by molar-refractivity contribution is 0.442. The highest BCUT2D eigenvalue weighted by molar-refractivity contribution is 7.88. The van der Waals surface area contributed by atoms with Gasteiger partial charge in [-0.05, 0) is 38.0 Å². The van der Waals surface area contributed by atoms with Crippen LogP contribution < -0.4 is 14.5 Å². The fourth-order valence-corrected chi connectivity index (χ4v) is 4.96. The number of aryl methyl sites for hydroxylation is 1. The standard InChI is InChI=1S/C18H31N5O2S/c1-5-8-13-11-23(12-16(13)21-26(4,24)25)17-14-9-6-7-10-15(14)19-18(20-17)22(2)3/h13,16,21H,5-12H2,1-4H3/t13-,16-/m1/s1. The minimum atomic E-state index is -3.22. The summed E-state index contributed by atoms with van der Waals surface area (Å²) < 4.78 is 26.4. The fourth-order valence-electron chi connectivity index (χ4n) is 4.14. The normalized spacial score (nSPS) is 23.2. The van der Waals surface area contributed by atoms with Crippen LogP contribution in [0.4, 0.5) is 11.8 Å². The molecule has 1 saturated heterocycles. The van der Waals surface area contributed by atoms with E-state index in [1.54, 1.807) is 0 Å². The molecule has 0 saturated carbocycles. The van der Waals surface area contributed by atoms with E-state index in [9.17, 15) is 8.42 Å². The van der Waals surface area contributed by atoms with Gasteiger partial charge in [0.05, 0.1) is 11.9 Å². The summed E-state index contributed by atoms with van der Waals surface area (Å²) in [6.45, 7) is 3.67. The summed E-state index contributed by atoms with van der Waals surface area (Å²) in [6.07, 6.45) is 7.66. The van der Waals surface area contributed by atoms with Crippen LogP contribution in [0.1, 0.15) is 43.9 Å². The Morgan fingerprint density at radius 1 is 1.19 bits per heavy atom. The first-order valence-electron chi connectivity index (χ1n) is 9.58. The number of rotatable bonds is 6. The van der Waals surface area contributed by atoms with Gasteiger partial charge in [0.15, 0.2) is 0 Å². The number of fused-ring (bicyclic) bond motifs is 1. The van der Waals surface area contributed by atoms with E-state index in [1.165, 1.54) is 24.7 Å². The summed E-state index contributed by atoms with van der Waals surface area (Å²) in [7, 11) is 0.708. The van der Waals surface area contributed by atoms with Gasteiger partial charge in [-0.25, -0.2) is 18.1 Å². The van der Waals surface area contributed by atoms with Crippen molar-refractivity contribution in [3.05, 3.63) is 11.3 Å². The Kier molecular flexibility index (Phi) is 5.72. The Bertz CT molecular complexity index is 750. The third-order valence-corrected chi connectivity index (χ3v) is 6.05. The summed E-state index contributed by atoms with van der Waals surface area (Å²) in [5.41, 5.74) is 2.42. The smallest absolute Gasteiger partial charge is 0.227 e. The monoisotopic (exact) mass is 381 g/mol. The first kappa shape index (κ1) is 19.4. The van der Waals surface area contributed by atoms with Crippen LogP contribution in [0.5, 0.6) is 0 Å². The second kappa shape index (κ2) is 7.68. The van der Waals surface area contributed by atoms with Gasteiger partial charge in [0.2, 0.25) is 16.0 Å². The number of anilines is 2. The molecule has 2 aliphatic rings. The van der Waals surface area contributed by atoms with E-state index in [4.69, 9.17) is 9.97 Å². The molecule has 1 aromatic heterocycles. The van der Waals surface area contributed by atoms with E-state index in [0.717, 1.165) is 49.7 Å². The third kappa shape index (κ3) is 4.28. The quantitative estimate of drug-likeness (QED) is 0.806. The van der Waals surface area contributed by atoms with E-state index in [-0.39, 0.29) is 6.04 Å². The molecule has 0 unspecified atom stereocenters. The molecule has 0 radical (unpaired) electrons. The molecule has 7 nitrogen and oxygen atoms in total. The molecule has 1 N–H and O–H groups in total. The predicted molar refractivity (Wildman–Crippen MR) is 105 cm³/mol. The molecule has 0 bridgehead atoms. The van der Waals surface area contributed by atoms with E-state index in [2.05, 4.69) is 16.5 Å². The van der Waals surface area contributed by atoms with Gasteiger partial charge in [0.1, 0.15) is 5.82 Å². The number of nitrogens with one attached hydrogen (secondary N) is 1. The van der Waals surface area contributed by atoms with Gasteiger partial charge in [0.25, 0.3) is 0 Å². The van der Waals surface area contributed by atoms with Gasteiger partial charge in [-0.15, -0.1) is 0 Å². The van der Waals surface area contributed by atoms with E-state index in [0.29, 0.717) is 12.5 Å². The van der Waals surface area contributed by atoms with Crippen LogP contribution in [0, 0.1) is 5.92 Å². The van der Waals surface area contributed by atoms with Gasteiger partial charge in [-0.2, -0.15) is 4.98 Å². The van der Waals surface area contributed by atoms with E-state index in [1.807, 2.05) is 19.0 Å². The number of hydrogen-bond donors (Lipinski definition) is 1. The Morgan fingerprint density at radius 2 is 1.92 bits per heavy atom. The number of sulfonamides is 1. The molecule has 146 valence electrons. The van der Waals surface area contributed by atoms with Gasteiger partial charge in [-0.1, -0.05) is 13.3 Å². The molecular formula is C18H31N5O2S. The molecule has 1 aromatic rings. The van der Waals surface area contributed by atoms with Crippen molar-refractivity contribution in [3.63, 3.8) is 0 Å². The summed E-state index contributed by atoms with van der Waals surface area (Å²) in [6, 6.07) is -0.0537. The van der Waals surface area contributed by atoms with Crippen molar-refractivity contribution in [2.24, 2.45) is 5.92 Å². The Morgan fingerprint density at radius 3 is 2.58 bits per heavy atom. The van der Waals surface area contributed by atoms with E-state index >= 15 is 0 Å². The summed E-state index contributed by atoms with van der Waals surface area (Å²) in [5.74, 6) is 2.07. The highest BCUT2D eigenvalue weighted by Gasteiger charge is 2.36. The van der Waals surface area contributed by atoms with Crippen LogP contribution >= 0.6 is 0 Å². The van der Waals surface area contributed by atoms with Crippen molar-refractivity contribution in [1.82, 2.24) is 14.7 Å². The maximum Gasteiger partial charge on any atom is 0.227 e. The largest absolute Gasteiger partial charge is 0.354 e. The molecule has 1 fully saturated rings. The topological polar surface area (TPSA) is 78.4 Å². The van der Waals surface area contributed by atoms with Crippen molar-refractivity contribution < 1.29 is 8.42 Å². The average Bonchev–Trinajstić information content (AvgIpc) is 2.94. The molecule has 8 heteroatoms. The molecule has 2 heterocycles. The van der Waals surface area contributed by atoms with Crippen LogP contribution in [0.25, 0.3) is 0 Å². The minimum Gasteiger partial charge on any atom is -0.354 e. The zero-order chi connectivity index (χ0) is 18.9. The van der Waals surface area contributed by atoms with Crippen molar-refractivity contribution >= 4 is 21.8 Å². The lowest BCUT2D eigenvalue weighted by atomic mass is 9.96. The molecule has 0 aromatic carbocycles. The average molecular weight is 382 g/mol. The minimum absolute atomic E-state index is 0.0537. The van der Waals surface area contributed by atoms with Gasteiger partial charge < -0.3 is 9.80 Å². The van der Waals surface area contributed by atoms with Gasteiger partial charge in [0, 0.05) is 38.8 Å². The predicted octanol–water partition coefficient (Wildman–Crippen LogP) is 1.58. The zero-order valence-corrected chi connectivity index (χ0v) is 17.1. The first-order valence-corrected chi connectivity index (χ1v) is 11.5. The molecule has 3 rings (SSSR count). The Balaban J connectivity index is 1.94. The second-order valence-electron chi connectivity index (χ2n) is 7.82. The lowest BCUT2D eigenvalue weighted by Crippen LogP contribution is -2.40.